The molecule has 98 valence electrons. The number of benzene rings is 1. The van der Waals surface area contributed by atoms with Crippen LogP contribution in [0, 0.1) is 5.41 Å². The van der Waals surface area contributed by atoms with Gasteiger partial charge in [-0.15, -0.1) is 0 Å². The molecule has 0 aliphatic heterocycles. The van der Waals surface area contributed by atoms with Crippen LogP contribution in [0.3, 0.4) is 0 Å². The zero-order chi connectivity index (χ0) is 13.4. The lowest BCUT2D eigenvalue weighted by Crippen LogP contribution is -2.43. The SMILES string of the molecule is CCCCC1(C)c2ccccc2CC1(C)C(C)=O. The van der Waals surface area contributed by atoms with Crippen molar-refractivity contribution in [2.75, 3.05) is 0 Å². The van der Waals surface area contributed by atoms with Gasteiger partial charge in [0.15, 0.2) is 0 Å². The fourth-order valence-electron chi connectivity index (χ4n) is 3.54. The van der Waals surface area contributed by atoms with Gasteiger partial charge in [-0.2, -0.15) is 0 Å². The van der Waals surface area contributed by atoms with E-state index in [1.54, 1.807) is 6.92 Å². The molecule has 0 N–H and O–H groups in total. The third-order valence-corrected chi connectivity index (χ3v) is 5.18. The van der Waals surface area contributed by atoms with Crippen LogP contribution in [-0.2, 0) is 16.6 Å². The van der Waals surface area contributed by atoms with Gasteiger partial charge < -0.3 is 0 Å². The number of hydrogen-bond acceptors (Lipinski definition) is 1. The Balaban J connectivity index is 2.51. The van der Waals surface area contributed by atoms with Crippen LogP contribution in [0.2, 0.25) is 0 Å². The number of Topliss-reactive ketones (excluding diaryl/α,β-unsaturated/α-hetero) is 1. The molecule has 1 heteroatoms. The predicted molar refractivity (Wildman–Crippen MR) is 75.8 cm³/mol. The third-order valence-electron chi connectivity index (χ3n) is 5.18. The van der Waals surface area contributed by atoms with E-state index < -0.39 is 0 Å². The van der Waals surface area contributed by atoms with Crippen LogP contribution in [0.5, 0.6) is 0 Å². The molecule has 0 radical (unpaired) electrons. The molecule has 0 amide bonds. The molecule has 1 aliphatic rings. The Morgan fingerprint density at radius 3 is 2.56 bits per heavy atom. The highest BCUT2D eigenvalue weighted by molar-refractivity contribution is 5.85. The Morgan fingerprint density at radius 2 is 1.94 bits per heavy atom. The summed E-state index contributed by atoms with van der Waals surface area (Å²) in [5.74, 6) is 0.331. The van der Waals surface area contributed by atoms with Gasteiger partial charge in [0, 0.05) is 10.8 Å². The van der Waals surface area contributed by atoms with Crippen molar-refractivity contribution in [3.8, 4) is 0 Å². The van der Waals surface area contributed by atoms with E-state index in [-0.39, 0.29) is 10.8 Å². The smallest absolute Gasteiger partial charge is 0.136 e. The Bertz CT molecular complexity index is 462. The molecule has 2 atom stereocenters. The van der Waals surface area contributed by atoms with E-state index in [1.807, 2.05) is 0 Å². The van der Waals surface area contributed by atoms with Gasteiger partial charge in [-0.3, -0.25) is 4.79 Å². The molecule has 1 aromatic rings. The monoisotopic (exact) mass is 244 g/mol. The van der Waals surface area contributed by atoms with E-state index in [1.165, 1.54) is 24.0 Å². The molecule has 18 heavy (non-hydrogen) atoms. The normalized spacial score (nSPS) is 30.2. The van der Waals surface area contributed by atoms with Crippen molar-refractivity contribution >= 4 is 5.78 Å². The number of carbonyl (C=O) groups is 1. The first-order chi connectivity index (χ1) is 8.45. The maximum absolute atomic E-state index is 12.2. The van der Waals surface area contributed by atoms with Gasteiger partial charge in [0.25, 0.3) is 0 Å². The first kappa shape index (κ1) is 13.3. The lowest BCUT2D eigenvalue weighted by Gasteiger charge is -2.40. The highest BCUT2D eigenvalue weighted by Crippen LogP contribution is 2.54. The van der Waals surface area contributed by atoms with Crippen molar-refractivity contribution in [2.45, 2.75) is 58.8 Å². The van der Waals surface area contributed by atoms with E-state index in [4.69, 9.17) is 0 Å². The van der Waals surface area contributed by atoms with Crippen molar-refractivity contribution in [3.05, 3.63) is 35.4 Å². The minimum atomic E-state index is -0.230. The Labute approximate surface area is 111 Å². The number of hydrogen-bond donors (Lipinski definition) is 0. The van der Waals surface area contributed by atoms with Gasteiger partial charge in [-0.05, 0) is 30.9 Å². The van der Waals surface area contributed by atoms with Crippen molar-refractivity contribution < 1.29 is 4.79 Å². The summed E-state index contributed by atoms with van der Waals surface area (Å²) in [4.78, 5) is 12.2. The summed E-state index contributed by atoms with van der Waals surface area (Å²) >= 11 is 0. The standard InChI is InChI=1S/C17H24O/c1-5-6-11-16(3)15-10-8-7-9-14(15)12-17(16,4)13(2)18/h7-10H,5-6,11-12H2,1-4H3. The molecule has 0 fully saturated rings. The lowest BCUT2D eigenvalue weighted by molar-refractivity contribution is -0.128. The summed E-state index contributed by atoms with van der Waals surface area (Å²) in [5, 5.41) is 0. The molecule has 0 saturated heterocycles. The number of fused-ring (bicyclic) bond motifs is 1. The predicted octanol–water partition coefficient (Wildman–Crippen LogP) is 4.29. The van der Waals surface area contributed by atoms with Crippen LogP contribution in [-0.4, -0.2) is 5.78 Å². The molecule has 2 unspecified atom stereocenters. The zero-order valence-corrected chi connectivity index (χ0v) is 12.0. The van der Waals surface area contributed by atoms with E-state index >= 15 is 0 Å². The van der Waals surface area contributed by atoms with Crippen LogP contribution >= 0.6 is 0 Å². The second kappa shape index (κ2) is 4.53. The molecule has 0 aromatic heterocycles. The van der Waals surface area contributed by atoms with E-state index in [0.29, 0.717) is 5.78 Å². The Morgan fingerprint density at radius 1 is 1.28 bits per heavy atom. The van der Waals surface area contributed by atoms with Crippen molar-refractivity contribution in [1.29, 1.82) is 0 Å². The van der Waals surface area contributed by atoms with Crippen LogP contribution in [0.4, 0.5) is 0 Å². The lowest BCUT2D eigenvalue weighted by atomic mass is 9.61. The summed E-state index contributed by atoms with van der Waals surface area (Å²) in [6.45, 7) is 8.42. The van der Waals surface area contributed by atoms with Gasteiger partial charge in [0.05, 0.1) is 0 Å². The summed E-state index contributed by atoms with van der Waals surface area (Å²) in [6.07, 6.45) is 4.38. The fourth-order valence-corrected chi connectivity index (χ4v) is 3.54. The van der Waals surface area contributed by atoms with Crippen molar-refractivity contribution in [1.82, 2.24) is 0 Å². The number of unbranched alkanes of at least 4 members (excludes halogenated alkanes) is 1. The first-order valence-corrected chi connectivity index (χ1v) is 7.05. The topological polar surface area (TPSA) is 17.1 Å². The minimum absolute atomic E-state index is 0.00539. The van der Waals surface area contributed by atoms with Gasteiger partial charge in [0.2, 0.25) is 0 Å². The van der Waals surface area contributed by atoms with Crippen LogP contribution in [0.15, 0.2) is 24.3 Å². The highest BCUT2D eigenvalue weighted by atomic mass is 16.1. The summed E-state index contributed by atoms with van der Waals surface area (Å²) in [6, 6.07) is 8.60. The van der Waals surface area contributed by atoms with E-state index in [9.17, 15) is 4.79 Å². The van der Waals surface area contributed by atoms with E-state index in [0.717, 1.165) is 12.8 Å². The summed E-state index contributed by atoms with van der Waals surface area (Å²) in [7, 11) is 0. The average molecular weight is 244 g/mol. The van der Waals surface area contributed by atoms with Gasteiger partial charge in [-0.25, -0.2) is 0 Å². The van der Waals surface area contributed by atoms with Gasteiger partial charge in [0.1, 0.15) is 5.78 Å². The first-order valence-electron chi connectivity index (χ1n) is 7.05. The summed E-state index contributed by atoms with van der Waals surface area (Å²) < 4.78 is 0. The molecule has 0 bridgehead atoms. The molecule has 1 aromatic carbocycles. The molecular formula is C17H24O. The van der Waals surface area contributed by atoms with Gasteiger partial charge >= 0.3 is 0 Å². The van der Waals surface area contributed by atoms with Crippen molar-refractivity contribution in [2.24, 2.45) is 5.41 Å². The van der Waals surface area contributed by atoms with Gasteiger partial charge in [-0.1, -0.05) is 57.9 Å². The fraction of sp³-hybridized carbons (Fsp3) is 0.588. The Hall–Kier alpha value is -1.11. The minimum Gasteiger partial charge on any atom is -0.299 e. The third kappa shape index (κ3) is 1.72. The average Bonchev–Trinajstić information content (AvgIpc) is 2.58. The zero-order valence-electron chi connectivity index (χ0n) is 12.0. The Kier molecular flexibility index (Phi) is 3.35. The maximum Gasteiger partial charge on any atom is 0.136 e. The molecule has 2 rings (SSSR count). The second-order valence-electron chi connectivity index (χ2n) is 6.16. The summed E-state index contributed by atoms with van der Waals surface area (Å²) in [5.41, 5.74) is 2.54. The van der Waals surface area contributed by atoms with Crippen LogP contribution in [0.1, 0.15) is 58.1 Å². The number of ketones is 1. The number of rotatable bonds is 4. The molecule has 1 nitrogen and oxygen atoms in total. The van der Waals surface area contributed by atoms with Crippen molar-refractivity contribution in [3.63, 3.8) is 0 Å². The second-order valence-corrected chi connectivity index (χ2v) is 6.16. The highest BCUT2D eigenvalue weighted by Gasteiger charge is 2.53. The van der Waals surface area contributed by atoms with E-state index in [2.05, 4.69) is 45.0 Å². The molecule has 1 aliphatic carbocycles. The van der Waals surface area contributed by atoms with Crippen LogP contribution in [0.25, 0.3) is 0 Å². The molecule has 0 spiro atoms. The maximum atomic E-state index is 12.2. The molecular weight excluding hydrogens is 220 g/mol. The van der Waals surface area contributed by atoms with Crippen LogP contribution < -0.4 is 0 Å². The quantitative estimate of drug-likeness (QED) is 0.772. The molecule has 0 saturated carbocycles. The molecule has 0 heterocycles. The number of carbonyl (C=O) groups excluding carboxylic acids is 1. The largest absolute Gasteiger partial charge is 0.299 e.